The summed E-state index contributed by atoms with van der Waals surface area (Å²) in [7, 11) is 1.97. The first kappa shape index (κ1) is 25.7. The molecule has 4 aromatic rings. The Labute approximate surface area is 207 Å². The van der Waals surface area contributed by atoms with Crippen molar-refractivity contribution in [2.45, 2.75) is 46.7 Å². The molecule has 0 aliphatic carbocycles. The van der Waals surface area contributed by atoms with Crippen LogP contribution in [0.4, 0.5) is 11.4 Å². The van der Waals surface area contributed by atoms with Crippen LogP contribution < -0.4 is 9.80 Å². The molecule has 0 saturated heterocycles. The van der Waals surface area contributed by atoms with E-state index in [-0.39, 0.29) is 11.8 Å². The summed E-state index contributed by atoms with van der Waals surface area (Å²) in [6.07, 6.45) is 5.72. The van der Waals surface area contributed by atoms with Gasteiger partial charge in [-0.05, 0) is 31.5 Å². The largest absolute Gasteiger partial charge is 0.367 e. The molecule has 0 aliphatic heterocycles. The van der Waals surface area contributed by atoms with E-state index in [2.05, 4.69) is 28.7 Å². The number of carbonyl (C=O) groups excluding carboxylic acids is 2. The molecule has 6 nitrogen and oxygen atoms in total. The molecule has 35 heavy (non-hydrogen) atoms. The van der Waals surface area contributed by atoms with Gasteiger partial charge in [-0.3, -0.25) is 9.59 Å². The highest BCUT2D eigenvalue weighted by Crippen LogP contribution is 2.36. The smallest absolute Gasteiger partial charge is 0.214 e. The van der Waals surface area contributed by atoms with Gasteiger partial charge in [-0.25, -0.2) is 4.98 Å². The topological polar surface area (TPSA) is 69.3 Å². The van der Waals surface area contributed by atoms with E-state index in [1.165, 1.54) is 6.42 Å². The molecule has 0 saturated carbocycles. The third-order valence-electron chi connectivity index (χ3n) is 5.52. The summed E-state index contributed by atoms with van der Waals surface area (Å²) in [5, 5.41) is 0.892. The average molecular weight is 471 g/mol. The lowest BCUT2D eigenvalue weighted by molar-refractivity contribution is -0.107. The van der Waals surface area contributed by atoms with Crippen molar-refractivity contribution in [2.24, 2.45) is 0 Å². The number of amides is 1. The lowest BCUT2D eigenvalue weighted by atomic mass is 10.0. The summed E-state index contributed by atoms with van der Waals surface area (Å²) < 4.78 is 0. The molecule has 0 spiro atoms. The van der Waals surface area contributed by atoms with Gasteiger partial charge in [0.25, 0.3) is 0 Å². The molecule has 2 aromatic carbocycles. The minimum Gasteiger partial charge on any atom is -0.367 e. The molecule has 6 heteroatoms. The summed E-state index contributed by atoms with van der Waals surface area (Å²) in [5.74, 6) is -0.00172. The molecular weight excluding hydrogens is 436 g/mol. The van der Waals surface area contributed by atoms with Gasteiger partial charge in [-0.2, -0.15) is 0 Å². The van der Waals surface area contributed by atoms with Crippen LogP contribution in [0.5, 0.6) is 0 Å². The molecule has 0 unspecified atom stereocenters. The molecule has 1 amide bonds. The van der Waals surface area contributed by atoms with Crippen molar-refractivity contribution in [2.75, 3.05) is 16.8 Å². The monoisotopic (exact) mass is 470 g/mol. The van der Waals surface area contributed by atoms with Crippen molar-refractivity contribution in [1.29, 1.82) is 0 Å². The Hall–Kier alpha value is -3.93. The van der Waals surface area contributed by atoms with Crippen molar-refractivity contribution in [1.82, 2.24) is 9.97 Å². The van der Waals surface area contributed by atoms with Crippen LogP contribution in [0, 0.1) is 0 Å². The molecule has 2 heterocycles. The van der Waals surface area contributed by atoms with Gasteiger partial charge in [-0.1, -0.05) is 68.8 Å². The van der Waals surface area contributed by atoms with Crippen molar-refractivity contribution >= 4 is 34.6 Å². The summed E-state index contributed by atoms with van der Waals surface area (Å²) in [6, 6.07) is 18.9. The fraction of sp³-hybridized carbons (Fsp3) is 0.276. The fourth-order valence-electron chi connectivity index (χ4n) is 3.89. The number of aromatic nitrogens is 2. The Morgan fingerprint density at radius 3 is 2.37 bits per heavy atom. The number of nitrogens with one attached hydrogen (secondary N) is 1. The molecule has 4 rings (SSSR count). The summed E-state index contributed by atoms with van der Waals surface area (Å²) in [4.78, 5) is 36.2. The van der Waals surface area contributed by atoms with E-state index in [4.69, 9.17) is 0 Å². The second kappa shape index (κ2) is 12.0. The van der Waals surface area contributed by atoms with Gasteiger partial charge in [0, 0.05) is 42.3 Å². The number of anilines is 2. The highest BCUT2D eigenvalue weighted by molar-refractivity contribution is 6.09. The standard InChI is InChI=1S/C26H26N4O2.C3H8/c1-18(2)30(17-31)24-22-12-13-27-26(22)28-15-23(24)29(3)16-19-8-7-11-21(14-19)25(32)20-9-5-4-6-10-20;1-3-2/h4-15,17-18H,16H2,1-3H3,(H,27,28);3H2,1-2H3. The number of hydrogen-bond acceptors (Lipinski definition) is 4. The number of nitrogens with zero attached hydrogens (tertiary/aromatic N) is 3. The Kier molecular flexibility index (Phi) is 8.79. The van der Waals surface area contributed by atoms with Crippen LogP contribution in [0.3, 0.4) is 0 Å². The Morgan fingerprint density at radius 2 is 1.71 bits per heavy atom. The number of H-pyrrole nitrogens is 1. The Balaban J connectivity index is 0.00000108. The summed E-state index contributed by atoms with van der Waals surface area (Å²) >= 11 is 0. The van der Waals surface area contributed by atoms with Crippen LogP contribution in [0.15, 0.2) is 73.1 Å². The van der Waals surface area contributed by atoms with Crippen molar-refractivity contribution in [3.05, 3.63) is 89.7 Å². The van der Waals surface area contributed by atoms with E-state index in [9.17, 15) is 9.59 Å². The maximum atomic E-state index is 12.9. The van der Waals surface area contributed by atoms with Crippen LogP contribution in [-0.4, -0.2) is 35.3 Å². The van der Waals surface area contributed by atoms with Gasteiger partial charge in [0.15, 0.2) is 5.78 Å². The third kappa shape index (κ3) is 5.96. The predicted octanol–water partition coefficient (Wildman–Crippen LogP) is 6.22. The molecular formula is C29H34N4O2. The van der Waals surface area contributed by atoms with Gasteiger partial charge < -0.3 is 14.8 Å². The number of aromatic amines is 1. The first-order chi connectivity index (χ1) is 16.9. The minimum absolute atomic E-state index is 0.00172. The lowest BCUT2D eigenvalue weighted by Gasteiger charge is -2.29. The second-order valence-electron chi connectivity index (χ2n) is 8.80. The highest BCUT2D eigenvalue weighted by atomic mass is 16.1. The van der Waals surface area contributed by atoms with Gasteiger partial charge in [0.1, 0.15) is 5.65 Å². The van der Waals surface area contributed by atoms with Crippen LogP contribution >= 0.6 is 0 Å². The van der Waals surface area contributed by atoms with Gasteiger partial charge in [-0.15, -0.1) is 0 Å². The number of hydrogen-bond donors (Lipinski definition) is 1. The van der Waals surface area contributed by atoms with Crippen molar-refractivity contribution in [3.63, 3.8) is 0 Å². The molecule has 0 radical (unpaired) electrons. The van der Waals surface area contributed by atoms with E-state index in [1.807, 2.05) is 87.8 Å². The number of carbonyl (C=O) groups is 2. The third-order valence-corrected chi connectivity index (χ3v) is 5.52. The van der Waals surface area contributed by atoms with E-state index in [1.54, 1.807) is 11.1 Å². The van der Waals surface area contributed by atoms with Crippen LogP contribution in [0.1, 0.15) is 55.6 Å². The van der Waals surface area contributed by atoms with Gasteiger partial charge >= 0.3 is 0 Å². The minimum atomic E-state index is -0.00743. The SMILES string of the molecule is CC(C)N(C=O)c1c(N(C)Cc2cccc(C(=O)c3ccccc3)c2)cnc2[nH]ccc12.CCC. The fourth-order valence-corrected chi connectivity index (χ4v) is 3.89. The van der Waals surface area contributed by atoms with Crippen molar-refractivity contribution in [3.8, 4) is 0 Å². The van der Waals surface area contributed by atoms with Crippen LogP contribution in [0.25, 0.3) is 11.0 Å². The van der Waals surface area contributed by atoms with E-state index < -0.39 is 0 Å². The molecule has 1 N–H and O–H groups in total. The molecule has 0 atom stereocenters. The Bertz CT molecular complexity index is 1260. The highest BCUT2D eigenvalue weighted by Gasteiger charge is 2.21. The number of benzene rings is 2. The molecule has 2 aromatic heterocycles. The van der Waals surface area contributed by atoms with Crippen LogP contribution in [-0.2, 0) is 11.3 Å². The average Bonchev–Trinajstić information content (AvgIpc) is 3.34. The molecule has 0 bridgehead atoms. The number of pyridine rings is 1. The Morgan fingerprint density at radius 1 is 1.03 bits per heavy atom. The van der Waals surface area contributed by atoms with Gasteiger partial charge in [0.05, 0.1) is 17.6 Å². The summed E-state index contributed by atoms with van der Waals surface area (Å²) in [5.41, 5.74) is 4.72. The quantitative estimate of drug-likeness (QED) is 0.245. The molecule has 182 valence electrons. The summed E-state index contributed by atoms with van der Waals surface area (Å²) in [6.45, 7) is 8.77. The van der Waals surface area contributed by atoms with E-state index in [0.29, 0.717) is 17.7 Å². The van der Waals surface area contributed by atoms with E-state index >= 15 is 0 Å². The number of fused-ring (bicyclic) bond motifs is 1. The zero-order chi connectivity index (χ0) is 25.4. The van der Waals surface area contributed by atoms with Gasteiger partial charge in [0.2, 0.25) is 6.41 Å². The van der Waals surface area contributed by atoms with Crippen LogP contribution in [0.2, 0.25) is 0 Å². The number of ketones is 1. The van der Waals surface area contributed by atoms with Crippen molar-refractivity contribution < 1.29 is 9.59 Å². The predicted molar refractivity (Wildman–Crippen MR) is 144 cm³/mol. The maximum absolute atomic E-state index is 12.9. The zero-order valence-corrected chi connectivity index (χ0v) is 21.2. The maximum Gasteiger partial charge on any atom is 0.214 e. The lowest BCUT2D eigenvalue weighted by Crippen LogP contribution is -2.31. The molecule has 0 fully saturated rings. The normalized spacial score (nSPS) is 10.6. The first-order valence-corrected chi connectivity index (χ1v) is 12.0. The first-order valence-electron chi connectivity index (χ1n) is 12.0. The number of rotatable bonds is 8. The zero-order valence-electron chi connectivity index (χ0n) is 21.2. The molecule has 0 aliphatic rings. The second-order valence-corrected chi connectivity index (χ2v) is 8.80. The van der Waals surface area contributed by atoms with E-state index in [0.717, 1.165) is 34.4 Å².